The van der Waals surface area contributed by atoms with Gasteiger partial charge in [-0.25, -0.2) is 31.3 Å². The molecule has 8 rings (SSSR count). The summed E-state index contributed by atoms with van der Waals surface area (Å²) in [5.41, 5.74) is 8.43. The molecule has 362 valence electrons. The van der Waals surface area contributed by atoms with E-state index in [0.717, 1.165) is 10.3 Å². The number of hydrogen-bond acceptors (Lipinski definition) is 15. The second kappa shape index (κ2) is 20.2. The number of thiazole rings is 1. The smallest absolute Gasteiger partial charge is 0.410 e. The first-order chi connectivity index (χ1) is 33.0. The van der Waals surface area contributed by atoms with Gasteiger partial charge in [0.25, 0.3) is 0 Å². The Kier molecular flexibility index (Phi) is 14.4. The highest BCUT2D eigenvalue weighted by Crippen LogP contribution is 2.44. The highest BCUT2D eigenvalue weighted by Gasteiger charge is 2.40. The quantitative estimate of drug-likeness (QED) is 0.0955. The van der Waals surface area contributed by atoms with Gasteiger partial charge in [0, 0.05) is 44.3 Å². The Morgan fingerprint density at radius 1 is 0.812 bits per heavy atom. The van der Waals surface area contributed by atoms with Gasteiger partial charge in [-0.2, -0.15) is 9.10 Å². The van der Waals surface area contributed by atoms with Crippen molar-refractivity contribution in [3.63, 3.8) is 0 Å². The Balaban J connectivity index is 1.36. The highest BCUT2D eigenvalue weighted by molar-refractivity contribution is 7.92. The van der Waals surface area contributed by atoms with Crippen molar-refractivity contribution in [2.24, 2.45) is 5.73 Å². The van der Waals surface area contributed by atoms with Gasteiger partial charge >= 0.3 is 6.09 Å². The summed E-state index contributed by atoms with van der Waals surface area (Å²) in [6.45, 7) is 5.33. The average Bonchev–Trinajstić information content (AvgIpc) is 4.11. The molecule has 0 spiro atoms. The molecule has 0 unspecified atom stereocenters. The van der Waals surface area contributed by atoms with Gasteiger partial charge in [0.2, 0.25) is 25.9 Å². The minimum absolute atomic E-state index is 0.0151. The summed E-state index contributed by atoms with van der Waals surface area (Å²) in [4.78, 5) is 19.5. The largest absolute Gasteiger partial charge is 0.497 e. The standard InChI is InChI=1S/C48H53N9O9S3/c1-48(2,3)66-47(58)55-25-24-34(30-55)53-68(59,60)41-23-22-38(39-8-7-9-40-44(39)50-42(26-49)67-40)43(46-51-54-57(52-46)29-33-14-20-37(65-6)21-15-33)45(41)69(61,62)56(27-31-10-16-35(63-4)17-11-31)28-32-12-18-36(64-5)19-13-32/h7-23,34,53H,24-30,49H2,1-6H3/t34-/m1/s1. The lowest BCUT2D eigenvalue weighted by atomic mass is 9.98. The molecular weight excluding hydrogens is 943 g/mol. The summed E-state index contributed by atoms with van der Waals surface area (Å²) >= 11 is 1.39. The highest BCUT2D eigenvalue weighted by atomic mass is 32.2. The van der Waals surface area contributed by atoms with Crippen molar-refractivity contribution in [2.75, 3.05) is 34.4 Å². The molecule has 2 aromatic heterocycles. The molecule has 1 atom stereocenters. The number of tetrazole rings is 1. The van der Waals surface area contributed by atoms with Gasteiger partial charge in [-0.1, -0.05) is 54.6 Å². The molecule has 18 nitrogen and oxygen atoms in total. The number of nitrogens with zero attached hydrogens (tertiary/aromatic N) is 7. The Labute approximate surface area is 405 Å². The van der Waals surface area contributed by atoms with Crippen molar-refractivity contribution in [2.45, 2.75) is 74.8 Å². The second-order valence-electron chi connectivity index (χ2n) is 17.3. The van der Waals surface area contributed by atoms with Crippen LogP contribution in [0.1, 0.15) is 48.9 Å². The van der Waals surface area contributed by atoms with E-state index in [9.17, 15) is 4.79 Å². The Morgan fingerprint density at radius 2 is 1.41 bits per heavy atom. The zero-order valence-electron chi connectivity index (χ0n) is 38.9. The number of rotatable bonds is 17. The molecule has 1 fully saturated rings. The van der Waals surface area contributed by atoms with E-state index in [0.29, 0.717) is 44.5 Å². The summed E-state index contributed by atoms with van der Waals surface area (Å²) in [5.74, 6) is 1.61. The van der Waals surface area contributed by atoms with Crippen LogP contribution in [0, 0.1) is 0 Å². The zero-order chi connectivity index (χ0) is 49.1. The molecule has 3 heterocycles. The number of methoxy groups -OCH3 is 3. The number of carbonyl (C=O) groups is 1. The molecule has 69 heavy (non-hydrogen) atoms. The number of sulfonamides is 2. The van der Waals surface area contributed by atoms with Crippen LogP contribution in [0.4, 0.5) is 4.79 Å². The van der Waals surface area contributed by atoms with Crippen LogP contribution in [0.15, 0.2) is 113 Å². The normalized spacial score (nSPS) is 14.4. The molecule has 1 amide bonds. The lowest BCUT2D eigenvalue weighted by molar-refractivity contribution is 0.0291. The van der Waals surface area contributed by atoms with Crippen molar-refractivity contribution in [3.8, 4) is 39.8 Å². The Morgan fingerprint density at radius 3 is 1.97 bits per heavy atom. The number of amides is 1. The first-order valence-electron chi connectivity index (χ1n) is 21.9. The van der Waals surface area contributed by atoms with Gasteiger partial charge in [-0.3, -0.25) is 0 Å². The lowest BCUT2D eigenvalue weighted by Gasteiger charge is -2.27. The van der Waals surface area contributed by atoms with Crippen LogP contribution in [-0.2, 0) is 51.0 Å². The summed E-state index contributed by atoms with van der Waals surface area (Å²) in [6, 6.07) is 28.6. The topological polar surface area (TPSA) is 223 Å². The number of ether oxygens (including phenoxy) is 4. The molecule has 0 saturated carbocycles. The SMILES string of the molecule is COc1ccc(CN(Cc2ccc(OC)cc2)S(=O)(=O)c2c(S(=O)(=O)N[C@@H]3CCN(C(=O)OC(C)(C)C)C3)ccc(-c3cccc4sc(CN)nc34)c2-c2nnn(Cc3ccc(OC)cc3)n2)cc1. The summed E-state index contributed by atoms with van der Waals surface area (Å²) in [5, 5.41) is 14.2. The predicted octanol–water partition coefficient (Wildman–Crippen LogP) is 6.83. The van der Waals surface area contributed by atoms with Gasteiger partial charge < -0.3 is 29.6 Å². The molecule has 1 aliphatic rings. The van der Waals surface area contributed by atoms with Crippen molar-refractivity contribution in [3.05, 3.63) is 125 Å². The van der Waals surface area contributed by atoms with Crippen LogP contribution in [0.3, 0.4) is 0 Å². The van der Waals surface area contributed by atoms with Gasteiger partial charge in [0.05, 0.1) is 43.7 Å². The second-order valence-corrected chi connectivity index (χ2v) is 21.9. The number of likely N-dealkylation sites (tertiary alicyclic amines) is 1. The van der Waals surface area contributed by atoms with E-state index in [2.05, 4.69) is 15.0 Å². The molecule has 0 bridgehead atoms. The third kappa shape index (κ3) is 11.0. The average molecular weight is 996 g/mol. The van der Waals surface area contributed by atoms with Gasteiger partial charge in [0.15, 0.2) is 0 Å². The third-order valence-corrected chi connectivity index (χ3v) is 15.9. The minimum atomic E-state index is -4.94. The van der Waals surface area contributed by atoms with E-state index in [1.54, 1.807) is 101 Å². The van der Waals surface area contributed by atoms with E-state index in [-0.39, 0.29) is 62.6 Å². The predicted molar refractivity (Wildman–Crippen MR) is 261 cm³/mol. The first kappa shape index (κ1) is 48.9. The number of para-hydroxylation sites is 1. The number of nitrogens with one attached hydrogen (secondary N) is 1. The summed E-state index contributed by atoms with van der Waals surface area (Å²) < 4.78 is 89.2. The van der Waals surface area contributed by atoms with Gasteiger partial charge in [-0.15, -0.1) is 21.5 Å². The van der Waals surface area contributed by atoms with Crippen LogP contribution in [0.2, 0.25) is 0 Å². The first-order valence-corrected chi connectivity index (χ1v) is 25.7. The fourth-order valence-corrected chi connectivity index (χ4v) is 12.5. The number of benzene rings is 5. The molecule has 5 aromatic carbocycles. The number of nitrogens with two attached hydrogens (primary N) is 1. The molecule has 1 saturated heterocycles. The van der Waals surface area contributed by atoms with Crippen molar-refractivity contribution >= 4 is 47.7 Å². The lowest BCUT2D eigenvalue weighted by Crippen LogP contribution is -2.41. The fraction of sp³-hybridized carbons (Fsp3) is 0.312. The van der Waals surface area contributed by atoms with E-state index in [1.807, 2.05) is 24.3 Å². The number of hydrogen-bond donors (Lipinski definition) is 2. The number of fused-ring (bicyclic) bond motifs is 1. The maximum absolute atomic E-state index is 16.2. The van der Waals surface area contributed by atoms with Crippen LogP contribution in [0.5, 0.6) is 17.2 Å². The summed E-state index contributed by atoms with van der Waals surface area (Å²) in [7, 11) is -5.06. The van der Waals surface area contributed by atoms with Crippen LogP contribution < -0.4 is 24.7 Å². The maximum Gasteiger partial charge on any atom is 0.410 e. The molecule has 7 aromatic rings. The van der Waals surface area contributed by atoms with Crippen LogP contribution >= 0.6 is 11.3 Å². The van der Waals surface area contributed by atoms with Gasteiger partial charge in [-0.05, 0) is 103 Å². The van der Waals surface area contributed by atoms with E-state index < -0.39 is 47.6 Å². The van der Waals surface area contributed by atoms with Crippen molar-refractivity contribution < 1.29 is 40.6 Å². The Hall–Kier alpha value is -6.49. The van der Waals surface area contributed by atoms with E-state index in [1.165, 1.54) is 45.6 Å². The monoisotopic (exact) mass is 995 g/mol. The van der Waals surface area contributed by atoms with Crippen molar-refractivity contribution in [1.82, 2.24) is 39.1 Å². The third-order valence-electron chi connectivity index (χ3n) is 11.3. The number of carbonyl (C=O) groups excluding carboxylic acids is 1. The molecule has 3 N–H and O–H groups in total. The minimum Gasteiger partial charge on any atom is -0.497 e. The van der Waals surface area contributed by atoms with Crippen LogP contribution in [-0.4, -0.2) is 103 Å². The zero-order valence-corrected chi connectivity index (χ0v) is 41.4. The molecule has 0 aliphatic carbocycles. The Bertz CT molecular complexity index is 3130. The molecule has 0 radical (unpaired) electrons. The molecule has 1 aliphatic heterocycles. The van der Waals surface area contributed by atoms with E-state index >= 15 is 16.8 Å². The van der Waals surface area contributed by atoms with Crippen LogP contribution in [0.25, 0.3) is 32.7 Å². The van der Waals surface area contributed by atoms with E-state index in [4.69, 9.17) is 34.8 Å². The van der Waals surface area contributed by atoms with Gasteiger partial charge in [0.1, 0.15) is 37.6 Å². The maximum atomic E-state index is 16.2. The molecular formula is C48H53N9O9S3. The summed E-state index contributed by atoms with van der Waals surface area (Å²) in [6.07, 6.45) is -0.354. The molecule has 21 heteroatoms. The number of aromatic nitrogens is 5. The van der Waals surface area contributed by atoms with Crippen molar-refractivity contribution in [1.29, 1.82) is 0 Å². The fourth-order valence-electron chi connectivity index (χ4n) is 7.94.